The Morgan fingerprint density at radius 3 is 2.59 bits per heavy atom. The van der Waals surface area contributed by atoms with E-state index in [1.54, 1.807) is 25.1 Å². The van der Waals surface area contributed by atoms with Crippen molar-refractivity contribution in [3.8, 4) is 11.1 Å². The molecule has 3 aromatic rings. The maximum atomic E-state index is 12.4. The first-order valence-corrected chi connectivity index (χ1v) is 9.72. The van der Waals surface area contributed by atoms with Gasteiger partial charge in [-0.1, -0.05) is 65.3 Å². The number of aromatic nitrogens is 2. The van der Waals surface area contributed by atoms with Crippen molar-refractivity contribution in [2.24, 2.45) is 0 Å². The van der Waals surface area contributed by atoms with Crippen LogP contribution < -0.4 is 10.9 Å². The van der Waals surface area contributed by atoms with E-state index in [4.69, 9.17) is 23.2 Å². The van der Waals surface area contributed by atoms with Gasteiger partial charge in [0, 0.05) is 5.02 Å². The van der Waals surface area contributed by atoms with Crippen LogP contribution in [-0.4, -0.2) is 21.6 Å². The van der Waals surface area contributed by atoms with Crippen LogP contribution in [0.15, 0.2) is 58.5 Å². The highest BCUT2D eigenvalue weighted by Gasteiger charge is 2.12. The number of carbonyl (C=O) groups is 1. The third kappa shape index (κ3) is 4.91. The van der Waals surface area contributed by atoms with Crippen molar-refractivity contribution in [3.05, 3.63) is 74.6 Å². The van der Waals surface area contributed by atoms with Crippen LogP contribution in [0.25, 0.3) is 11.1 Å². The van der Waals surface area contributed by atoms with E-state index in [-0.39, 0.29) is 17.2 Å². The number of aromatic amines is 1. The lowest BCUT2D eigenvalue weighted by Crippen LogP contribution is -2.17. The third-order valence-electron chi connectivity index (χ3n) is 3.69. The minimum Gasteiger partial charge on any atom is -0.324 e. The van der Waals surface area contributed by atoms with E-state index in [0.717, 1.165) is 17.3 Å². The van der Waals surface area contributed by atoms with Crippen molar-refractivity contribution in [1.82, 2.24) is 9.97 Å². The monoisotopic (exact) mass is 419 g/mol. The molecule has 0 saturated carbocycles. The number of amides is 1. The summed E-state index contributed by atoms with van der Waals surface area (Å²) in [6, 6.07) is 14.1. The van der Waals surface area contributed by atoms with Gasteiger partial charge >= 0.3 is 0 Å². The molecule has 0 unspecified atom stereocenters. The summed E-state index contributed by atoms with van der Waals surface area (Å²) in [4.78, 5) is 31.7. The predicted octanol–water partition coefficient (Wildman–Crippen LogP) is 4.78. The highest BCUT2D eigenvalue weighted by atomic mass is 35.5. The van der Waals surface area contributed by atoms with Gasteiger partial charge in [0.15, 0.2) is 5.16 Å². The smallest absolute Gasteiger partial charge is 0.259 e. The zero-order valence-corrected chi connectivity index (χ0v) is 16.6. The minimum atomic E-state index is -0.267. The number of thioether (sulfide) groups is 1. The number of hydrogen-bond acceptors (Lipinski definition) is 4. The molecule has 0 aliphatic heterocycles. The number of anilines is 1. The Kier molecular flexibility index (Phi) is 6.21. The Morgan fingerprint density at radius 2 is 1.93 bits per heavy atom. The summed E-state index contributed by atoms with van der Waals surface area (Å²) in [5.41, 5.74) is 2.17. The summed E-state index contributed by atoms with van der Waals surface area (Å²) >= 11 is 13.0. The maximum absolute atomic E-state index is 12.4. The standard InChI is InChI=1S/C19H15Cl2N3O2S/c1-11-17(12-5-3-2-4-6-12)18(26)24-19(22-11)27-10-16(25)23-15-8-7-13(20)9-14(15)21/h2-9H,10H2,1H3,(H,23,25)(H,22,24,26). The number of nitrogens with one attached hydrogen (secondary N) is 2. The minimum absolute atomic E-state index is 0.0754. The van der Waals surface area contributed by atoms with Crippen molar-refractivity contribution >= 4 is 46.6 Å². The molecule has 0 radical (unpaired) electrons. The largest absolute Gasteiger partial charge is 0.324 e. The van der Waals surface area contributed by atoms with E-state index in [1.807, 2.05) is 30.3 Å². The summed E-state index contributed by atoms with van der Waals surface area (Å²) in [5, 5.41) is 3.93. The average molecular weight is 420 g/mol. The Labute approximate surface area is 170 Å². The molecule has 1 aromatic heterocycles. The molecule has 1 amide bonds. The van der Waals surface area contributed by atoms with Crippen LogP contribution in [-0.2, 0) is 4.79 Å². The van der Waals surface area contributed by atoms with E-state index < -0.39 is 0 Å². The molecule has 3 rings (SSSR count). The second-order valence-corrected chi connectivity index (χ2v) is 7.47. The van der Waals surface area contributed by atoms with Crippen LogP contribution in [0.4, 0.5) is 5.69 Å². The predicted molar refractivity (Wildman–Crippen MR) is 111 cm³/mol. The molecule has 8 heteroatoms. The fourth-order valence-electron chi connectivity index (χ4n) is 2.48. The van der Waals surface area contributed by atoms with Crippen molar-refractivity contribution in [2.45, 2.75) is 12.1 Å². The third-order valence-corrected chi connectivity index (χ3v) is 5.11. The first-order valence-electron chi connectivity index (χ1n) is 7.98. The number of nitrogens with zero attached hydrogens (tertiary/aromatic N) is 1. The molecule has 0 saturated heterocycles. The van der Waals surface area contributed by atoms with Crippen molar-refractivity contribution in [3.63, 3.8) is 0 Å². The lowest BCUT2D eigenvalue weighted by atomic mass is 10.1. The second-order valence-electron chi connectivity index (χ2n) is 5.66. The average Bonchev–Trinajstić information content (AvgIpc) is 2.63. The van der Waals surface area contributed by atoms with Gasteiger partial charge in [0.1, 0.15) is 0 Å². The highest BCUT2D eigenvalue weighted by molar-refractivity contribution is 7.99. The fourth-order valence-corrected chi connectivity index (χ4v) is 3.65. The normalized spacial score (nSPS) is 10.6. The molecule has 0 fully saturated rings. The zero-order valence-electron chi connectivity index (χ0n) is 14.3. The molecule has 2 aromatic carbocycles. The van der Waals surface area contributed by atoms with E-state index in [0.29, 0.717) is 32.1 Å². The number of aryl methyl sites for hydroxylation is 1. The molecule has 5 nitrogen and oxygen atoms in total. The van der Waals surface area contributed by atoms with Gasteiger partial charge in [-0.3, -0.25) is 9.59 Å². The molecule has 27 heavy (non-hydrogen) atoms. The van der Waals surface area contributed by atoms with E-state index >= 15 is 0 Å². The van der Waals surface area contributed by atoms with Gasteiger partial charge in [0.2, 0.25) is 5.91 Å². The summed E-state index contributed by atoms with van der Waals surface area (Å²) in [6.07, 6.45) is 0. The first kappa shape index (κ1) is 19.5. The van der Waals surface area contributed by atoms with Crippen LogP contribution in [0.3, 0.4) is 0 Å². The van der Waals surface area contributed by atoms with Crippen molar-refractivity contribution in [2.75, 3.05) is 11.1 Å². The quantitative estimate of drug-likeness (QED) is 0.460. The molecular weight excluding hydrogens is 405 g/mol. The van der Waals surface area contributed by atoms with Gasteiger partial charge in [0.25, 0.3) is 5.56 Å². The maximum Gasteiger partial charge on any atom is 0.259 e. The van der Waals surface area contributed by atoms with Gasteiger partial charge in [-0.25, -0.2) is 4.98 Å². The Morgan fingerprint density at radius 1 is 1.19 bits per heavy atom. The van der Waals surface area contributed by atoms with E-state index in [1.165, 1.54) is 0 Å². The number of H-pyrrole nitrogens is 1. The molecule has 0 bridgehead atoms. The highest BCUT2D eigenvalue weighted by Crippen LogP contribution is 2.26. The lowest BCUT2D eigenvalue weighted by molar-refractivity contribution is -0.113. The van der Waals surface area contributed by atoms with Crippen molar-refractivity contribution < 1.29 is 4.79 Å². The molecule has 0 spiro atoms. The molecule has 1 heterocycles. The van der Waals surface area contributed by atoms with Gasteiger partial charge in [-0.2, -0.15) is 0 Å². The summed E-state index contributed by atoms with van der Waals surface area (Å²) in [7, 11) is 0. The number of halogens is 2. The van der Waals surface area contributed by atoms with Crippen LogP contribution >= 0.6 is 35.0 Å². The molecule has 0 atom stereocenters. The number of hydrogen-bond donors (Lipinski definition) is 2. The topological polar surface area (TPSA) is 74.8 Å². The van der Waals surface area contributed by atoms with Crippen LogP contribution in [0.1, 0.15) is 5.69 Å². The number of rotatable bonds is 5. The molecule has 138 valence electrons. The Hall–Kier alpha value is -2.28. The van der Waals surface area contributed by atoms with Gasteiger partial charge < -0.3 is 10.3 Å². The summed E-state index contributed by atoms with van der Waals surface area (Å²) in [6.45, 7) is 1.77. The molecular formula is C19H15Cl2N3O2S. The Balaban J connectivity index is 1.69. The SMILES string of the molecule is Cc1nc(SCC(=O)Nc2ccc(Cl)cc2Cl)[nH]c(=O)c1-c1ccccc1. The van der Waals surface area contributed by atoms with Gasteiger partial charge in [-0.05, 0) is 30.7 Å². The van der Waals surface area contributed by atoms with Crippen LogP contribution in [0.5, 0.6) is 0 Å². The van der Waals surface area contributed by atoms with E-state index in [2.05, 4.69) is 15.3 Å². The molecule has 0 aliphatic rings. The molecule has 2 N–H and O–H groups in total. The molecule has 0 aliphatic carbocycles. The number of carbonyl (C=O) groups excluding carboxylic acids is 1. The Bertz CT molecular complexity index is 1040. The van der Waals surface area contributed by atoms with Gasteiger partial charge in [0.05, 0.1) is 27.7 Å². The zero-order chi connectivity index (χ0) is 19.4. The van der Waals surface area contributed by atoms with Crippen LogP contribution in [0, 0.1) is 6.92 Å². The first-order chi connectivity index (χ1) is 12.9. The second kappa shape index (κ2) is 8.61. The number of benzene rings is 2. The van der Waals surface area contributed by atoms with Crippen molar-refractivity contribution in [1.29, 1.82) is 0 Å². The lowest BCUT2D eigenvalue weighted by Gasteiger charge is -2.09. The van der Waals surface area contributed by atoms with Gasteiger partial charge in [-0.15, -0.1) is 0 Å². The summed E-state index contributed by atoms with van der Waals surface area (Å²) in [5.74, 6) is -0.192. The van der Waals surface area contributed by atoms with Crippen LogP contribution in [0.2, 0.25) is 10.0 Å². The van der Waals surface area contributed by atoms with E-state index in [9.17, 15) is 9.59 Å². The summed E-state index contributed by atoms with van der Waals surface area (Å²) < 4.78 is 0. The fraction of sp³-hybridized carbons (Fsp3) is 0.105.